The maximum Gasteiger partial charge on any atom is 0.312 e. The molecule has 1 fully saturated rings. The molecule has 1 aliphatic rings. The number of rotatable bonds is 3. The molecule has 6 heteroatoms. The third-order valence-corrected chi connectivity index (χ3v) is 3.72. The standard InChI is InChI=1S/C15H20FN3O2/c16-12-6-4-5-11(9-12)13-7-2-1-3-8-19(13)14(20)10-18-15(17)21/h4-6,9,13H,1-3,7-8,10H2,(H3,17,18,21). The van der Waals surface area contributed by atoms with Crippen molar-refractivity contribution in [2.24, 2.45) is 5.73 Å². The number of nitrogens with two attached hydrogens (primary N) is 1. The lowest BCUT2D eigenvalue weighted by Gasteiger charge is -2.30. The SMILES string of the molecule is NC(=O)NCC(=O)N1CCCCCC1c1cccc(F)c1. The molecule has 1 atom stereocenters. The summed E-state index contributed by atoms with van der Waals surface area (Å²) in [5.74, 6) is -0.496. The molecule has 5 nitrogen and oxygen atoms in total. The Morgan fingerprint density at radius 1 is 1.33 bits per heavy atom. The molecular formula is C15H20FN3O2. The van der Waals surface area contributed by atoms with E-state index in [1.165, 1.54) is 12.1 Å². The van der Waals surface area contributed by atoms with E-state index in [9.17, 15) is 14.0 Å². The number of likely N-dealkylation sites (tertiary alicyclic amines) is 1. The average Bonchev–Trinajstić information content (AvgIpc) is 2.70. The normalized spacial score (nSPS) is 18.9. The van der Waals surface area contributed by atoms with Gasteiger partial charge < -0.3 is 16.0 Å². The van der Waals surface area contributed by atoms with Crippen molar-refractivity contribution < 1.29 is 14.0 Å². The fourth-order valence-electron chi connectivity index (χ4n) is 2.73. The van der Waals surface area contributed by atoms with Crippen LogP contribution in [0.25, 0.3) is 0 Å². The number of primary amides is 1. The van der Waals surface area contributed by atoms with Crippen LogP contribution in [0.2, 0.25) is 0 Å². The highest BCUT2D eigenvalue weighted by molar-refractivity contribution is 5.83. The highest BCUT2D eigenvalue weighted by atomic mass is 19.1. The summed E-state index contributed by atoms with van der Waals surface area (Å²) in [7, 11) is 0. The first-order valence-corrected chi connectivity index (χ1v) is 7.16. The van der Waals surface area contributed by atoms with E-state index in [-0.39, 0.29) is 24.3 Å². The van der Waals surface area contributed by atoms with E-state index in [1.807, 2.05) is 6.07 Å². The Balaban J connectivity index is 2.17. The van der Waals surface area contributed by atoms with Gasteiger partial charge in [0.2, 0.25) is 5.91 Å². The topological polar surface area (TPSA) is 75.4 Å². The number of nitrogens with zero attached hydrogens (tertiary/aromatic N) is 1. The molecule has 3 N–H and O–H groups in total. The van der Waals surface area contributed by atoms with E-state index in [0.29, 0.717) is 6.54 Å². The molecule has 1 aromatic carbocycles. The Morgan fingerprint density at radius 3 is 2.86 bits per heavy atom. The fourth-order valence-corrected chi connectivity index (χ4v) is 2.73. The Kier molecular flexibility index (Phi) is 5.14. The molecule has 0 saturated carbocycles. The van der Waals surface area contributed by atoms with Crippen LogP contribution in [-0.2, 0) is 4.79 Å². The minimum absolute atomic E-state index is 0.124. The molecule has 1 aliphatic heterocycles. The summed E-state index contributed by atoms with van der Waals surface area (Å²) in [5.41, 5.74) is 5.79. The smallest absolute Gasteiger partial charge is 0.312 e. The second kappa shape index (κ2) is 7.06. The molecule has 0 bridgehead atoms. The lowest BCUT2D eigenvalue weighted by Crippen LogP contribution is -2.43. The second-order valence-electron chi connectivity index (χ2n) is 5.23. The van der Waals surface area contributed by atoms with Crippen LogP contribution in [0.4, 0.5) is 9.18 Å². The molecule has 3 amide bonds. The van der Waals surface area contributed by atoms with Crippen molar-refractivity contribution in [3.8, 4) is 0 Å². The van der Waals surface area contributed by atoms with E-state index in [2.05, 4.69) is 5.32 Å². The van der Waals surface area contributed by atoms with Gasteiger partial charge in [0, 0.05) is 6.54 Å². The van der Waals surface area contributed by atoms with E-state index in [0.717, 1.165) is 31.2 Å². The molecule has 0 radical (unpaired) electrons. The van der Waals surface area contributed by atoms with Crippen LogP contribution < -0.4 is 11.1 Å². The van der Waals surface area contributed by atoms with Gasteiger partial charge >= 0.3 is 6.03 Å². The van der Waals surface area contributed by atoms with Crippen molar-refractivity contribution in [1.29, 1.82) is 0 Å². The lowest BCUT2D eigenvalue weighted by atomic mass is 10.0. The first-order chi connectivity index (χ1) is 10.1. The van der Waals surface area contributed by atoms with Gasteiger partial charge in [-0.15, -0.1) is 0 Å². The number of carbonyl (C=O) groups is 2. The maximum absolute atomic E-state index is 13.4. The molecule has 0 spiro atoms. The molecule has 2 rings (SSSR count). The Morgan fingerprint density at radius 2 is 2.14 bits per heavy atom. The van der Waals surface area contributed by atoms with Gasteiger partial charge in [0.1, 0.15) is 5.82 Å². The first-order valence-electron chi connectivity index (χ1n) is 7.16. The molecule has 0 aliphatic carbocycles. The van der Waals surface area contributed by atoms with Gasteiger partial charge in [-0.25, -0.2) is 9.18 Å². The van der Waals surface area contributed by atoms with Crippen LogP contribution in [0, 0.1) is 5.82 Å². The zero-order valence-electron chi connectivity index (χ0n) is 11.8. The molecule has 1 aromatic rings. The van der Waals surface area contributed by atoms with Gasteiger partial charge in [-0.2, -0.15) is 0 Å². The number of amides is 3. The lowest BCUT2D eigenvalue weighted by molar-refractivity contribution is -0.132. The number of hydrogen-bond donors (Lipinski definition) is 2. The minimum atomic E-state index is -0.722. The van der Waals surface area contributed by atoms with Crippen molar-refractivity contribution in [3.63, 3.8) is 0 Å². The third kappa shape index (κ3) is 4.18. The van der Waals surface area contributed by atoms with Crippen molar-refractivity contribution in [3.05, 3.63) is 35.6 Å². The predicted molar refractivity (Wildman–Crippen MR) is 76.9 cm³/mol. The zero-order chi connectivity index (χ0) is 15.2. The largest absolute Gasteiger partial charge is 0.352 e. The highest BCUT2D eigenvalue weighted by Gasteiger charge is 2.26. The summed E-state index contributed by atoms with van der Waals surface area (Å²) in [4.78, 5) is 24.7. The Bertz CT molecular complexity index is 521. The van der Waals surface area contributed by atoms with Gasteiger partial charge in [-0.3, -0.25) is 4.79 Å². The number of carbonyl (C=O) groups excluding carboxylic acids is 2. The van der Waals surface area contributed by atoms with Crippen LogP contribution in [0.1, 0.15) is 37.3 Å². The summed E-state index contributed by atoms with van der Waals surface area (Å²) in [6.45, 7) is 0.488. The van der Waals surface area contributed by atoms with Crippen molar-refractivity contribution in [2.45, 2.75) is 31.7 Å². The maximum atomic E-state index is 13.4. The van der Waals surface area contributed by atoms with E-state index in [1.54, 1.807) is 11.0 Å². The molecular weight excluding hydrogens is 273 g/mol. The molecule has 114 valence electrons. The number of hydrogen-bond acceptors (Lipinski definition) is 2. The summed E-state index contributed by atoms with van der Waals surface area (Å²) in [5, 5.41) is 2.32. The Hall–Kier alpha value is -2.11. The predicted octanol–water partition coefficient (Wildman–Crippen LogP) is 1.94. The van der Waals surface area contributed by atoms with Gasteiger partial charge in [-0.1, -0.05) is 25.0 Å². The molecule has 1 saturated heterocycles. The summed E-state index contributed by atoms with van der Waals surface area (Å²) >= 11 is 0. The van der Waals surface area contributed by atoms with Crippen LogP contribution in [-0.4, -0.2) is 29.9 Å². The monoisotopic (exact) mass is 293 g/mol. The third-order valence-electron chi connectivity index (χ3n) is 3.72. The average molecular weight is 293 g/mol. The van der Waals surface area contributed by atoms with Crippen molar-refractivity contribution in [2.75, 3.05) is 13.1 Å². The zero-order valence-corrected chi connectivity index (χ0v) is 11.8. The summed E-state index contributed by atoms with van der Waals surface area (Å²) < 4.78 is 13.4. The number of urea groups is 1. The molecule has 21 heavy (non-hydrogen) atoms. The first kappa shape index (κ1) is 15.3. The molecule has 1 unspecified atom stereocenters. The summed E-state index contributed by atoms with van der Waals surface area (Å²) in [6, 6.07) is 5.48. The fraction of sp³-hybridized carbons (Fsp3) is 0.467. The number of benzene rings is 1. The van der Waals surface area contributed by atoms with Gasteiger partial charge in [0.25, 0.3) is 0 Å². The van der Waals surface area contributed by atoms with Crippen LogP contribution in [0.3, 0.4) is 0 Å². The quantitative estimate of drug-likeness (QED) is 0.893. The van der Waals surface area contributed by atoms with Crippen LogP contribution in [0.5, 0.6) is 0 Å². The van der Waals surface area contributed by atoms with E-state index in [4.69, 9.17) is 5.73 Å². The summed E-state index contributed by atoms with van der Waals surface area (Å²) in [6.07, 6.45) is 3.74. The van der Waals surface area contributed by atoms with E-state index < -0.39 is 6.03 Å². The van der Waals surface area contributed by atoms with Gasteiger partial charge in [0.05, 0.1) is 12.6 Å². The van der Waals surface area contributed by atoms with Gasteiger partial charge in [-0.05, 0) is 30.5 Å². The highest BCUT2D eigenvalue weighted by Crippen LogP contribution is 2.30. The Labute approximate surface area is 123 Å². The van der Waals surface area contributed by atoms with Gasteiger partial charge in [0.15, 0.2) is 0 Å². The minimum Gasteiger partial charge on any atom is -0.352 e. The van der Waals surface area contributed by atoms with E-state index >= 15 is 0 Å². The van der Waals surface area contributed by atoms with Crippen molar-refractivity contribution >= 4 is 11.9 Å². The molecule has 0 aromatic heterocycles. The second-order valence-corrected chi connectivity index (χ2v) is 5.23. The van der Waals surface area contributed by atoms with Crippen LogP contribution >= 0.6 is 0 Å². The van der Waals surface area contributed by atoms with Crippen LogP contribution in [0.15, 0.2) is 24.3 Å². The van der Waals surface area contributed by atoms with Crippen molar-refractivity contribution in [1.82, 2.24) is 10.2 Å². The number of nitrogens with one attached hydrogen (secondary N) is 1. The molecule has 1 heterocycles. The number of halogens is 1.